The SMILES string of the molecule is CC/C=C\C/C=C\C/C=C\C/C=C\CCCCC(=O)OC(COC(=O)CCCCCCC/C=C\CCC)COC(OCC[N+](C)(C)C)C(=O)[O-]. The Hall–Kier alpha value is -3.01. The molecule has 50 heavy (non-hydrogen) atoms. The molecule has 0 aliphatic carbocycles. The van der Waals surface area contributed by atoms with E-state index in [2.05, 4.69) is 74.6 Å². The van der Waals surface area contributed by atoms with Gasteiger partial charge in [-0.25, -0.2) is 0 Å². The highest BCUT2D eigenvalue weighted by Gasteiger charge is 2.21. The Morgan fingerprint density at radius 1 is 0.620 bits per heavy atom. The van der Waals surface area contributed by atoms with Gasteiger partial charge in [-0.05, 0) is 70.6 Å². The maximum absolute atomic E-state index is 12.6. The Bertz CT molecular complexity index is 1010. The first-order valence-corrected chi connectivity index (χ1v) is 18.9. The van der Waals surface area contributed by atoms with Crippen molar-refractivity contribution in [3.63, 3.8) is 0 Å². The highest BCUT2D eigenvalue weighted by Crippen LogP contribution is 2.11. The van der Waals surface area contributed by atoms with Crippen LogP contribution in [0.1, 0.15) is 123 Å². The van der Waals surface area contributed by atoms with Crippen molar-refractivity contribution in [2.45, 2.75) is 135 Å². The van der Waals surface area contributed by atoms with Gasteiger partial charge >= 0.3 is 11.9 Å². The average molecular weight is 704 g/mol. The molecule has 0 rings (SSSR count). The summed E-state index contributed by atoms with van der Waals surface area (Å²) in [6, 6.07) is 0. The molecule has 9 heteroatoms. The zero-order chi connectivity index (χ0) is 37.1. The van der Waals surface area contributed by atoms with Gasteiger partial charge in [-0.15, -0.1) is 0 Å². The van der Waals surface area contributed by atoms with Crippen LogP contribution < -0.4 is 5.11 Å². The summed E-state index contributed by atoms with van der Waals surface area (Å²) in [6.07, 6.45) is 34.1. The maximum atomic E-state index is 12.6. The fraction of sp³-hybridized carbons (Fsp3) is 0.683. The topological polar surface area (TPSA) is 111 Å². The first-order chi connectivity index (χ1) is 24.1. The van der Waals surface area contributed by atoms with Crippen LogP contribution in [0, 0.1) is 0 Å². The quantitative estimate of drug-likeness (QED) is 0.0225. The third-order valence-electron chi connectivity index (χ3n) is 7.48. The summed E-state index contributed by atoms with van der Waals surface area (Å²) in [6.45, 7) is 4.46. The van der Waals surface area contributed by atoms with Gasteiger partial charge in [0.1, 0.15) is 13.2 Å². The van der Waals surface area contributed by atoms with E-state index < -0.39 is 24.3 Å². The summed E-state index contributed by atoms with van der Waals surface area (Å²) >= 11 is 0. The van der Waals surface area contributed by atoms with Crippen LogP contribution >= 0.6 is 0 Å². The molecule has 0 aliphatic heterocycles. The van der Waals surface area contributed by atoms with Gasteiger partial charge in [-0.3, -0.25) is 9.59 Å². The van der Waals surface area contributed by atoms with Crippen LogP contribution in [0.3, 0.4) is 0 Å². The summed E-state index contributed by atoms with van der Waals surface area (Å²) in [5.74, 6) is -2.37. The molecule has 0 radical (unpaired) electrons. The lowest BCUT2D eigenvalue weighted by molar-refractivity contribution is -0.870. The number of ether oxygens (including phenoxy) is 4. The van der Waals surface area contributed by atoms with Crippen molar-refractivity contribution in [2.75, 3.05) is 47.5 Å². The van der Waals surface area contributed by atoms with Gasteiger partial charge in [0.15, 0.2) is 12.4 Å². The lowest BCUT2D eigenvalue weighted by atomic mass is 10.1. The molecule has 0 amide bonds. The second-order valence-electron chi connectivity index (χ2n) is 13.5. The molecule has 2 atom stereocenters. The molecule has 286 valence electrons. The molecule has 0 N–H and O–H groups in total. The predicted molar refractivity (Wildman–Crippen MR) is 200 cm³/mol. The molecule has 0 aliphatic rings. The van der Waals surface area contributed by atoms with Gasteiger partial charge in [0, 0.05) is 12.8 Å². The van der Waals surface area contributed by atoms with Crippen LogP contribution in [0.25, 0.3) is 0 Å². The third kappa shape index (κ3) is 33.5. The van der Waals surface area contributed by atoms with Crippen molar-refractivity contribution in [1.82, 2.24) is 0 Å². The maximum Gasteiger partial charge on any atom is 0.306 e. The zero-order valence-electron chi connectivity index (χ0n) is 32.0. The monoisotopic (exact) mass is 704 g/mol. The number of likely N-dealkylation sites (N-methyl/N-ethyl adjacent to an activating group) is 1. The van der Waals surface area contributed by atoms with E-state index in [1.54, 1.807) is 0 Å². The standard InChI is InChI=1S/C41H69NO8/c1-6-8-10-12-14-16-18-19-20-21-22-24-26-28-30-32-39(44)50-37(36-49-41(40(45)46)47-34-33-42(3,4)5)35-48-38(43)31-29-27-25-23-17-15-13-11-9-7-2/h8,10-11,13-14,16,19-20,22,24,37,41H,6-7,9,12,15,17-18,21,23,25-36H2,1-5H3/b10-8-,13-11-,16-14-,20-19-,24-22-. The molecular formula is C41H69NO8. The Morgan fingerprint density at radius 3 is 1.76 bits per heavy atom. The summed E-state index contributed by atoms with van der Waals surface area (Å²) in [5, 5.41) is 11.6. The second kappa shape index (κ2) is 33.2. The molecule has 9 nitrogen and oxygen atoms in total. The number of nitrogens with zero attached hydrogens (tertiary/aromatic N) is 1. The van der Waals surface area contributed by atoms with Crippen molar-refractivity contribution in [3.05, 3.63) is 60.8 Å². The smallest absolute Gasteiger partial charge is 0.306 e. The second-order valence-corrected chi connectivity index (χ2v) is 13.5. The van der Waals surface area contributed by atoms with Gasteiger partial charge in [-0.2, -0.15) is 0 Å². The Morgan fingerprint density at radius 2 is 1.14 bits per heavy atom. The van der Waals surface area contributed by atoms with Crippen LogP contribution in [0.2, 0.25) is 0 Å². The minimum absolute atomic E-state index is 0.135. The molecule has 0 bridgehead atoms. The number of carbonyl (C=O) groups is 3. The third-order valence-corrected chi connectivity index (χ3v) is 7.48. The van der Waals surface area contributed by atoms with Crippen LogP contribution in [-0.4, -0.2) is 82.3 Å². The summed E-state index contributed by atoms with van der Waals surface area (Å²) < 4.78 is 22.3. The molecule has 0 aromatic carbocycles. The molecule has 0 aromatic rings. The average Bonchev–Trinajstić information content (AvgIpc) is 3.06. The number of carbonyl (C=O) groups excluding carboxylic acids is 3. The predicted octanol–water partition coefficient (Wildman–Crippen LogP) is 7.71. The van der Waals surface area contributed by atoms with Crippen molar-refractivity contribution in [2.24, 2.45) is 0 Å². The minimum Gasteiger partial charge on any atom is -0.545 e. The number of carboxylic acids is 1. The number of unbranched alkanes of at least 4 members (excludes halogenated alkanes) is 8. The van der Waals surface area contributed by atoms with E-state index in [-0.39, 0.29) is 38.6 Å². The normalized spacial score (nSPS) is 13.7. The Kier molecular flexibility index (Phi) is 31.2. The number of rotatable bonds is 33. The minimum atomic E-state index is -1.63. The Labute approximate surface area is 304 Å². The summed E-state index contributed by atoms with van der Waals surface area (Å²) in [7, 11) is 5.87. The lowest BCUT2D eigenvalue weighted by Crippen LogP contribution is -2.44. The molecule has 0 spiro atoms. The van der Waals surface area contributed by atoms with Crippen molar-refractivity contribution in [3.8, 4) is 0 Å². The van der Waals surface area contributed by atoms with E-state index in [4.69, 9.17) is 18.9 Å². The number of carboxylic acid groups (broad SMARTS) is 1. The van der Waals surface area contributed by atoms with Gasteiger partial charge in [0.25, 0.3) is 0 Å². The number of allylic oxidation sites excluding steroid dienone is 10. The fourth-order valence-corrected chi connectivity index (χ4v) is 4.52. The van der Waals surface area contributed by atoms with Gasteiger partial charge in [-0.1, -0.05) is 100 Å². The van der Waals surface area contributed by atoms with Crippen LogP contribution in [-0.2, 0) is 33.3 Å². The van der Waals surface area contributed by atoms with E-state index in [0.717, 1.165) is 83.5 Å². The van der Waals surface area contributed by atoms with E-state index in [1.807, 2.05) is 21.1 Å². The summed E-state index contributed by atoms with van der Waals surface area (Å²) in [5.41, 5.74) is 0. The largest absolute Gasteiger partial charge is 0.545 e. The lowest BCUT2D eigenvalue weighted by Gasteiger charge is -2.26. The first-order valence-electron chi connectivity index (χ1n) is 18.9. The van der Waals surface area contributed by atoms with Gasteiger partial charge in [0.05, 0.1) is 40.3 Å². The van der Waals surface area contributed by atoms with Crippen molar-refractivity contribution in [1.29, 1.82) is 0 Å². The molecule has 0 saturated heterocycles. The number of quaternary nitrogens is 1. The van der Waals surface area contributed by atoms with Crippen LogP contribution in [0.15, 0.2) is 60.8 Å². The summed E-state index contributed by atoms with van der Waals surface area (Å²) in [4.78, 5) is 36.7. The molecular weight excluding hydrogens is 634 g/mol. The molecule has 2 unspecified atom stereocenters. The molecule has 0 heterocycles. The zero-order valence-corrected chi connectivity index (χ0v) is 32.0. The van der Waals surface area contributed by atoms with E-state index in [9.17, 15) is 19.5 Å². The molecule has 0 saturated carbocycles. The molecule has 0 aromatic heterocycles. The molecule has 0 fully saturated rings. The van der Waals surface area contributed by atoms with Gasteiger partial charge in [0.2, 0.25) is 0 Å². The van der Waals surface area contributed by atoms with E-state index in [1.165, 1.54) is 6.42 Å². The number of esters is 2. The first kappa shape index (κ1) is 47.0. The van der Waals surface area contributed by atoms with Crippen molar-refractivity contribution >= 4 is 17.9 Å². The van der Waals surface area contributed by atoms with Crippen LogP contribution in [0.4, 0.5) is 0 Å². The number of hydrogen-bond acceptors (Lipinski definition) is 8. The highest BCUT2D eigenvalue weighted by molar-refractivity contribution is 5.70. The van der Waals surface area contributed by atoms with Gasteiger partial charge < -0.3 is 33.3 Å². The van der Waals surface area contributed by atoms with E-state index in [0.29, 0.717) is 17.4 Å². The highest BCUT2D eigenvalue weighted by atomic mass is 16.7. The Balaban J connectivity index is 4.65. The van der Waals surface area contributed by atoms with Crippen molar-refractivity contribution < 1.29 is 42.9 Å². The number of aliphatic carboxylic acids is 1. The van der Waals surface area contributed by atoms with Crippen LogP contribution in [0.5, 0.6) is 0 Å². The fourth-order valence-electron chi connectivity index (χ4n) is 4.52. The van der Waals surface area contributed by atoms with E-state index >= 15 is 0 Å². The number of hydrogen-bond donors (Lipinski definition) is 0.